The Hall–Kier alpha value is -3.34. The van der Waals surface area contributed by atoms with Gasteiger partial charge in [0.25, 0.3) is 0 Å². The van der Waals surface area contributed by atoms with Crippen LogP contribution in [0.3, 0.4) is 0 Å². The predicted molar refractivity (Wildman–Crippen MR) is 152 cm³/mol. The summed E-state index contributed by atoms with van der Waals surface area (Å²) < 4.78 is 55.9. The van der Waals surface area contributed by atoms with Crippen LogP contribution in [-0.4, -0.2) is 65.1 Å². The molecule has 0 bridgehead atoms. The van der Waals surface area contributed by atoms with Crippen molar-refractivity contribution in [2.45, 2.75) is 76.0 Å². The van der Waals surface area contributed by atoms with Gasteiger partial charge in [-0.25, -0.2) is 15.0 Å². The lowest BCUT2D eigenvalue weighted by molar-refractivity contribution is -0.240. The minimum atomic E-state index is -4.30. The smallest absolute Gasteiger partial charge is 0.411 e. The average Bonchev–Trinajstić information content (AvgIpc) is 3.42. The summed E-state index contributed by atoms with van der Waals surface area (Å²) in [6, 6.07) is 7.85. The van der Waals surface area contributed by atoms with E-state index in [0.29, 0.717) is 68.8 Å². The summed E-state index contributed by atoms with van der Waals surface area (Å²) in [4.78, 5) is 16.1. The number of hydrogen-bond acceptors (Lipinski definition) is 7. The lowest BCUT2D eigenvalue weighted by atomic mass is 9.75. The Morgan fingerprint density at radius 1 is 1.07 bits per heavy atom. The van der Waals surface area contributed by atoms with E-state index in [1.54, 1.807) is 6.20 Å². The Morgan fingerprint density at radius 3 is 2.59 bits per heavy atom. The average molecular weight is 573 g/mol. The molecule has 0 amide bonds. The minimum absolute atomic E-state index is 0.0592. The zero-order chi connectivity index (χ0) is 29.0. The summed E-state index contributed by atoms with van der Waals surface area (Å²) in [5.74, 6) is 1.53. The summed E-state index contributed by atoms with van der Waals surface area (Å²) in [5.41, 5.74) is 0.545. The monoisotopic (exact) mass is 572 g/mol. The molecule has 1 N–H and O–H groups in total. The molecule has 8 nitrogen and oxygen atoms in total. The lowest BCUT2D eigenvalue weighted by Crippen LogP contribution is -2.53. The number of alkyl halides is 3. The molecule has 4 heterocycles. The Morgan fingerprint density at radius 2 is 1.90 bits per heavy atom. The van der Waals surface area contributed by atoms with Crippen molar-refractivity contribution in [3.05, 3.63) is 48.7 Å². The highest BCUT2D eigenvalue weighted by Gasteiger charge is 2.60. The molecular formula is C30H39F3N6O2. The summed E-state index contributed by atoms with van der Waals surface area (Å²) in [6.07, 6.45) is 3.48. The molecule has 5 rings (SSSR count). The number of halogens is 3. The van der Waals surface area contributed by atoms with Crippen LogP contribution >= 0.6 is 0 Å². The van der Waals surface area contributed by atoms with Crippen LogP contribution in [-0.2, 0) is 5.54 Å². The molecule has 1 aliphatic heterocycles. The van der Waals surface area contributed by atoms with Gasteiger partial charge in [0, 0.05) is 43.6 Å². The number of hydrogen-bond donors (Lipinski definition) is 1. The molecule has 1 saturated heterocycles. The number of rotatable bonds is 11. The first-order chi connectivity index (χ1) is 19.8. The van der Waals surface area contributed by atoms with Crippen molar-refractivity contribution in [1.29, 1.82) is 0 Å². The molecule has 11 heteroatoms. The maximum Gasteiger partial charge on any atom is 0.411 e. The molecule has 0 radical (unpaired) electrons. The van der Waals surface area contributed by atoms with Gasteiger partial charge < -0.3 is 24.3 Å². The number of imidazole rings is 1. The number of likely N-dealkylation sites (N-methyl/N-ethyl adjacent to an activating group) is 1. The SMILES string of the molecule is CCOc1ncccc1-c1ccc(N2CCC(c3nccn3C3(C(F)(F)F)CCC3)C[C@H]2CC)c(OCCNC)n1. The molecule has 0 spiro atoms. The van der Waals surface area contributed by atoms with Gasteiger partial charge in [-0.1, -0.05) is 6.92 Å². The minimum Gasteiger partial charge on any atom is -0.477 e. The zero-order valence-corrected chi connectivity index (χ0v) is 24.0. The number of pyridine rings is 2. The highest BCUT2D eigenvalue weighted by molar-refractivity contribution is 5.69. The molecule has 222 valence electrons. The number of piperidine rings is 1. The third-order valence-electron chi connectivity index (χ3n) is 8.46. The van der Waals surface area contributed by atoms with Crippen LogP contribution in [0.1, 0.15) is 64.1 Å². The molecule has 3 aromatic rings. The molecule has 2 fully saturated rings. The van der Waals surface area contributed by atoms with Crippen molar-refractivity contribution in [2.75, 3.05) is 38.3 Å². The first-order valence-electron chi connectivity index (χ1n) is 14.6. The Bertz CT molecular complexity index is 1310. The molecular weight excluding hydrogens is 533 g/mol. The fourth-order valence-corrected chi connectivity index (χ4v) is 6.14. The predicted octanol–water partition coefficient (Wildman–Crippen LogP) is 5.94. The molecule has 1 aliphatic carbocycles. The van der Waals surface area contributed by atoms with Crippen LogP contribution in [0.2, 0.25) is 0 Å². The third-order valence-corrected chi connectivity index (χ3v) is 8.46. The number of aromatic nitrogens is 4. The van der Waals surface area contributed by atoms with Gasteiger partial charge >= 0.3 is 6.18 Å². The van der Waals surface area contributed by atoms with E-state index in [1.165, 1.54) is 17.0 Å². The largest absolute Gasteiger partial charge is 0.477 e. The zero-order valence-electron chi connectivity index (χ0n) is 24.0. The van der Waals surface area contributed by atoms with Crippen molar-refractivity contribution in [3.63, 3.8) is 0 Å². The van der Waals surface area contributed by atoms with E-state index < -0.39 is 11.7 Å². The molecule has 3 aromatic heterocycles. The van der Waals surface area contributed by atoms with E-state index in [9.17, 15) is 13.2 Å². The first-order valence-corrected chi connectivity index (χ1v) is 14.6. The number of nitrogens with zero attached hydrogens (tertiary/aromatic N) is 5. The normalized spacial score (nSPS) is 20.5. The Kier molecular flexibility index (Phi) is 8.72. The van der Waals surface area contributed by atoms with Crippen LogP contribution < -0.4 is 19.7 Å². The van der Waals surface area contributed by atoms with Crippen molar-refractivity contribution in [2.24, 2.45) is 0 Å². The quantitative estimate of drug-likeness (QED) is 0.285. The van der Waals surface area contributed by atoms with Crippen molar-refractivity contribution in [1.82, 2.24) is 24.8 Å². The second kappa shape index (κ2) is 12.3. The Balaban J connectivity index is 1.43. The number of anilines is 1. The van der Waals surface area contributed by atoms with E-state index in [4.69, 9.17) is 14.5 Å². The summed E-state index contributed by atoms with van der Waals surface area (Å²) in [5, 5.41) is 3.10. The molecule has 0 aromatic carbocycles. The van der Waals surface area contributed by atoms with Gasteiger partial charge in [-0.05, 0) is 76.8 Å². The van der Waals surface area contributed by atoms with Gasteiger partial charge in [-0.2, -0.15) is 13.2 Å². The first kappa shape index (κ1) is 29.2. The van der Waals surface area contributed by atoms with Crippen molar-refractivity contribution >= 4 is 5.69 Å². The second-order valence-electron chi connectivity index (χ2n) is 10.8. The summed E-state index contributed by atoms with van der Waals surface area (Å²) in [7, 11) is 1.87. The molecule has 1 saturated carbocycles. The van der Waals surface area contributed by atoms with Crippen LogP contribution in [0.5, 0.6) is 11.8 Å². The van der Waals surface area contributed by atoms with Crippen molar-refractivity contribution < 1.29 is 22.6 Å². The second-order valence-corrected chi connectivity index (χ2v) is 10.8. The molecule has 1 unspecified atom stereocenters. The van der Waals surface area contributed by atoms with Crippen molar-refractivity contribution in [3.8, 4) is 23.0 Å². The van der Waals surface area contributed by atoms with E-state index in [2.05, 4.69) is 27.1 Å². The highest BCUT2D eigenvalue weighted by Crippen LogP contribution is 2.52. The highest BCUT2D eigenvalue weighted by atomic mass is 19.4. The van der Waals surface area contributed by atoms with Gasteiger partial charge in [0.05, 0.1) is 17.9 Å². The van der Waals surface area contributed by atoms with E-state index >= 15 is 0 Å². The summed E-state index contributed by atoms with van der Waals surface area (Å²) in [6.45, 7) is 6.28. The van der Waals surface area contributed by atoms with E-state index in [-0.39, 0.29) is 24.8 Å². The fraction of sp³-hybridized carbons (Fsp3) is 0.567. The van der Waals surface area contributed by atoms with E-state index in [1.807, 2.05) is 38.2 Å². The topological polar surface area (TPSA) is 77.3 Å². The molecule has 2 atom stereocenters. The Labute approximate surface area is 239 Å². The van der Waals surface area contributed by atoms with Crippen LogP contribution in [0.4, 0.5) is 18.9 Å². The van der Waals surface area contributed by atoms with Gasteiger partial charge in [0.1, 0.15) is 23.7 Å². The van der Waals surface area contributed by atoms with Crippen LogP contribution in [0, 0.1) is 0 Å². The van der Waals surface area contributed by atoms with Gasteiger partial charge in [-0.3, -0.25) is 0 Å². The fourth-order valence-electron chi connectivity index (χ4n) is 6.14. The van der Waals surface area contributed by atoms with Gasteiger partial charge in [0.2, 0.25) is 11.8 Å². The van der Waals surface area contributed by atoms with Crippen LogP contribution in [0.25, 0.3) is 11.3 Å². The maximum atomic E-state index is 14.2. The van der Waals surface area contributed by atoms with Gasteiger partial charge in [0.15, 0.2) is 0 Å². The maximum absolute atomic E-state index is 14.2. The third kappa shape index (κ3) is 5.60. The van der Waals surface area contributed by atoms with E-state index in [0.717, 1.165) is 17.7 Å². The number of nitrogens with one attached hydrogen (secondary N) is 1. The van der Waals surface area contributed by atoms with Crippen LogP contribution in [0.15, 0.2) is 42.9 Å². The molecule has 2 aliphatic rings. The standard InChI is InChI=1S/C30H39F3N6O2/c1-4-22-20-21(26-35-15-18-39(26)29(12-7-13-29)30(31,32)33)11-17-38(22)25-10-9-24(37-28(25)41-19-16-34-3)23-8-6-14-36-27(23)40-5-2/h6,8-10,14-15,18,21-22,34H,4-5,7,11-13,16-17,19-20H2,1-3H3/t21?,22-/m1/s1. The lowest BCUT2D eigenvalue weighted by Gasteiger charge is -2.46. The number of ether oxygens (including phenoxy) is 2. The summed E-state index contributed by atoms with van der Waals surface area (Å²) >= 11 is 0. The van der Waals surface area contributed by atoms with Gasteiger partial charge in [-0.15, -0.1) is 0 Å². The molecule has 41 heavy (non-hydrogen) atoms.